The summed E-state index contributed by atoms with van der Waals surface area (Å²) >= 11 is 0. The first-order valence-electron chi connectivity index (χ1n) is 4.02. The van der Waals surface area contributed by atoms with Crippen molar-refractivity contribution >= 4 is 5.71 Å². The number of rotatable bonds is 0. The molecule has 0 saturated carbocycles. The summed E-state index contributed by atoms with van der Waals surface area (Å²) < 4.78 is 0. The van der Waals surface area contributed by atoms with E-state index in [1.807, 2.05) is 12.1 Å². The van der Waals surface area contributed by atoms with Gasteiger partial charge in [-0.1, -0.05) is 11.2 Å². The van der Waals surface area contributed by atoms with Crippen LogP contribution in [0.2, 0.25) is 0 Å². The number of fused-ring (bicyclic) bond motifs is 1. The summed E-state index contributed by atoms with van der Waals surface area (Å²) in [5.74, 6) is 0. The minimum atomic E-state index is 0.750. The summed E-state index contributed by atoms with van der Waals surface area (Å²) in [5.41, 5.74) is 3.19. The fraction of sp³-hybridized carbons (Fsp3) is 0.333. The quantitative estimate of drug-likeness (QED) is 0.463. The highest BCUT2D eigenvalue weighted by atomic mass is 16.4. The second kappa shape index (κ2) is 2.93. The Morgan fingerprint density at radius 3 is 3.17 bits per heavy atom. The standard InChI is InChI=1S/C9H10N2O/c12-11-8-3-4-9-7(6-8)2-1-5-10-9/h1-2,5,12H,3-4,6H2. The Bertz CT molecular complexity index is 320. The van der Waals surface area contributed by atoms with Gasteiger partial charge in [0.15, 0.2) is 0 Å². The molecule has 3 heteroatoms. The molecular weight excluding hydrogens is 152 g/mol. The maximum absolute atomic E-state index is 8.58. The molecule has 0 saturated heterocycles. The molecule has 1 aromatic heterocycles. The van der Waals surface area contributed by atoms with E-state index in [2.05, 4.69) is 10.1 Å². The van der Waals surface area contributed by atoms with Crippen molar-refractivity contribution in [1.29, 1.82) is 0 Å². The van der Waals surface area contributed by atoms with Crippen LogP contribution in [0.5, 0.6) is 0 Å². The first-order chi connectivity index (χ1) is 5.90. The van der Waals surface area contributed by atoms with Crippen molar-refractivity contribution in [1.82, 2.24) is 4.98 Å². The molecular formula is C9H10N2O. The van der Waals surface area contributed by atoms with Gasteiger partial charge in [-0.2, -0.15) is 0 Å². The highest BCUT2D eigenvalue weighted by Crippen LogP contribution is 2.16. The number of hydrogen-bond donors (Lipinski definition) is 1. The predicted octanol–water partition coefficient (Wildman–Crippen LogP) is 1.40. The second-order valence-corrected chi connectivity index (χ2v) is 2.95. The molecule has 0 radical (unpaired) electrons. The molecule has 0 fully saturated rings. The van der Waals surface area contributed by atoms with E-state index in [4.69, 9.17) is 5.21 Å². The largest absolute Gasteiger partial charge is 0.411 e. The van der Waals surface area contributed by atoms with Crippen LogP contribution >= 0.6 is 0 Å². The van der Waals surface area contributed by atoms with Gasteiger partial charge >= 0.3 is 0 Å². The Balaban J connectivity index is 2.35. The van der Waals surface area contributed by atoms with E-state index in [1.54, 1.807) is 6.20 Å². The number of nitrogens with zero attached hydrogens (tertiary/aromatic N) is 2. The molecule has 12 heavy (non-hydrogen) atoms. The predicted molar refractivity (Wildman–Crippen MR) is 45.5 cm³/mol. The molecule has 0 atom stereocenters. The monoisotopic (exact) mass is 162 g/mol. The molecule has 1 aliphatic rings. The zero-order valence-electron chi connectivity index (χ0n) is 6.70. The molecule has 1 aliphatic carbocycles. The fourth-order valence-electron chi connectivity index (χ4n) is 1.51. The summed E-state index contributed by atoms with van der Waals surface area (Å²) in [7, 11) is 0. The third-order valence-electron chi connectivity index (χ3n) is 2.17. The number of aromatic nitrogens is 1. The second-order valence-electron chi connectivity index (χ2n) is 2.95. The van der Waals surface area contributed by atoms with Crippen molar-refractivity contribution in [3.8, 4) is 0 Å². The van der Waals surface area contributed by atoms with Gasteiger partial charge in [-0.05, 0) is 24.5 Å². The lowest BCUT2D eigenvalue weighted by atomic mass is 9.95. The van der Waals surface area contributed by atoms with Crippen molar-refractivity contribution in [3.05, 3.63) is 29.6 Å². The molecule has 1 N–H and O–H groups in total. The van der Waals surface area contributed by atoms with Crippen LogP contribution in [0.3, 0.4) is 0 Å². The number of oxime groups is 1. The molecule has 3 nitrogen and oxygen atoms in total. The van der Waals surface area contributed by atoms with Crippen LogP contribution in [0.15, 0.2) is 23.5 Å². The highest BCUT2D eigenvalue weighted by Gasteiger charge is 2.14. The Morgan fingerprint density at radius 1 is 1.42 bits per heavy atom. The minimum absolute atomic E-state index is 0.750. The summed E-state index contributed by atoms with van der Waals surface area (Å²) in [4.78, 5) is 4.25. The molecule has 0 spiro atoms. The van der Waals surface area contributed by atoms with Crippen LogP contribution < -0.4 is 0 Å². The number of hydrogen-bond acceptors (Lipinski definition) is 3. The zero-order valence-corrected chi connectivity index (χ0v) is 6.70. The van der Waals surface area contributed by atoms with Crippen LogP contribution in [-0.2, 0) is 12.8 Å². The van der Waals surface area contributed by atoms with E-state index in [1.165, 1.54) is 5.56 Å². The van der Waals surface area contributed by atoms with Crippen molar-refractivity contribution in [2.24, 2.45) is 5.16 Å². The lowest BCUT2D eigenvalue weighted by Crippen LogP contribution is -2.14. The maximum atomic E-state index is 8.58. The van der Waals surface area contributed by atoms with Crippen molar-refractivity contribution in [2.75, 3.05) is 0 Å². The van der Waals surface area contributed by atoms with Gasteiger partial charge in [-0.25, -0.2) is 0 Å². The summed E-state index contributed by atoms with van der Waals surface area (Å²) in [6, 6.07) is 3.95. The van der Waals surface area contributed by atoms with E-state index in [-0.39, 0.29) is 0 Å². The minimum Gasteiger partial charge on any atom is -0.411 e. The third kappa shape index (κ3) is 1.18. The van der Waals surface area contributed by atoms with Crippen LogP contribution in [0.4, 0.5) is 0 Å². The Hall–Kier alpha value is -1.38. The maximum Gasteiger partial charge on any atom is 0.0619 e. The molecule has 0 aliphatic heterocycles. The summed E-state index contributed by atoms with van der Waals surface area (Å²) in [6.07, 6.45) is 4.29. The van der Waals surface area contributed by atoms with E-state index >= 15 is 0 Å². The molecule has 1 aromatic rings. The zero-order chi connectivity index (χ0) is 8.39. The number of aryl methyl sites for hydroxylation is 1. The van der Waals surface area contributed by atoms with Crippen molar-refractivity contribution in [2.45, 2.75) is 19.3 Å². The Labute approximate surface area is 70.7 Å². The van der Waals surface area contributed by atoms with Gasteiger partial charge in [0.1, 0.15) is 0 Å². The van der Waals surface area contributed by atoms with E-state index in [0.717, 1.165) is 30.7 Å². The lowest BCUT2D eigenvalue weighted by molar-refractivity contribution is 0.316. The van der Waals surface area contributed by atoms with Crippen LogP contribution in [-0.4, -0.2) is 15.9 Å². The average molecular weight is 162 g/mol. The van der Waals surface area contributed by atoms with Crippen LogP contribution in [0, 0.1) is 0 Å². The van der Waals surface area contributed by atoms with Gasteiger partial charge in [-0.15, -0.1) is 0 Å². The Kier molecular flexibility index (Phi) is 1.78. The average Bonchev–Trinajstić information content (AvgIpc) is 2.17. The first kappa shape index (κ1) is 7.28. The topological polar surface area (TPSA) is 45.5 Å². The summed E-state index contributed by atoms with van der Waals surface area (Å²) in [5, 5.41) is 11.8. The van der Waals surface area contributed by atoms with Gasteiger partial charge < -0.3 is 5.21 Å². The van der Waals surface area contributed by atoms with Gasteiger partial charge in [0.05, 0.1) is 5.71 Å². The summed E-state index contributed by atoms with van der Waals surface area (Å²) in [6.45, 7) is 0. The van der Waals surface area contributed by atoms with E-state index in [9.17, 15) is 0 Å². The van der Waals surface area contributed by atoms with Crippen LogP contribution in [0.1, 0.15) is 17.7 Å². The molecule has 0 aromatic carbocycles. The third-order valence-corrected chi connectivity index (χ3v) is 2.17. The smallest absolute Gasteiger partial charge is 0.0619 e. The van der Waals surface area contributed by atoms with Gasteiger partial charge in [0.2, 0.25) is 0 Å². The van der Waals surface area contributed by atoms with Gasteiger partial charge in [0.25, 0.3) is 0 Å². The molecule has 0 unspecified atom stereocenters. The van der Waals surface area contributed by atoms with Crippen molar-refractivity contribution in [3.63, 3.8) is 0 Å². The SMILES string of the molecule is ON=C1CCc2ncccc2C1. The molecule has 0 amide bonds. The lowest BCUT2D eigenvalue weighted by Gasteiger charge is -2.14. The molecule has 2 rings (SSSR count). The number of pyridine rings is 1. The first-order valence-corrected chi connectivity index (χ1v) is 4.02. The van der Waals surface area contributed by atoms with E-state index < -0.39 is 0 Å². The van der Waals surface area contributed by atoms with E-state index in [0.29, 0.717) is 0 Å². The van der Waals surface area contributed by atoms with Crippen molar-refractivity contribution < 1.29 is 5.21 Å². The molecule has 62 valence electrons. The van der Waals surface area contributed by atoms with Gasteiger partial charge in [-0.3, -0.25) is 4.98 Å². The highest BCUT2D eigenvalue weighted by molar-refractivity contribution is 5.87. The Morgan fingerprint density at radius 2 is 2.33 bits per heavy atom. The molecule has 1 heterocycles. The van der Waals surface area contributed by atoms with Crippen LogP contribution in [0.25, 0.3) is 0 Å². The molecule has 0 bridgehead atoms. The van der Waals surface area contributed by atoms with Gasteiger partial charge in [0, 0.05) is 18.3 Å². The normalized spacial score (nSPS) is 19.2. The fourth-order valence-corrected chi connectivity index (χ4v) is 1.51.